The summed E-state index contributed by atoms with van der Waals surface area (Å²) in [5, 5.41) is 0. The average molecular weight is 354 g/mol. The molecule has 1 aliphatic rings. The van der Waals surface area contributed by atoms with Crippen LogP contribution in [0.15, 0.2) is 22.7 Å². The number of nitrogens with zero attached hydrogens (tertiary/aromatic N) is 2. The van der Waals surface area contributed by atoms with E-state index in [1.54, 1.807) is 23.1 Å². The van der Waals surface area contributed by atoms with Crippen molar-refractivity contribution in [1.82, 2.24) is 9.80 Å². The summed E-state index contributed by atoms with van der Waals surface area (Å²) in [5.41, 5.74) is 6.95. The van der Waals surface area contributed by atoms with Crippen LogP contribution in [0.25, 0.3) is 0 Å². The SMILES string of the molecule is CC(C)C(=O)N1CCN(C(=O)c2ccc(N)c(Br)c2)CC1. The van der Waals surface area contributed by atoms with Crippen molar-refractivity contribution in [3.63, 3.8) is 0 Å². The minimum absolute atomic E-state index is 0.000283. The van der Waals surface area contributed by atoms with Gasteiger partial charge in [-0.2, -0.15) is 0 Å². The standard InChI is InChI=1S/C15H20BrN3O2/c1-10(2)14(20)18-5-7-19(8-6-18)15(21)11-3-4-13(17)12(16)9-11/h3-4,9-10H,5-8,17H2,1-2H3. The Kier molecular flexibility index (Phi) is 4.88. The molecule has 0 bridgehead atoms. The van der Waals surface area contributed by atoms with Crippen LogP contribution in [0.4, 0.5) is 5.69 Å². The van der Waals surface area contributed by atoms with Gasteiger partial charge in [0.05, 0.1) is 0 Å². The number of hydrogen-bond donors (Lipinski definition) is 1. The number of nitrogens with two attached hydrogens (primary N) is 1. The number of piperazine rings is 1. The molecule has 0 radical (unpaired) electrons. The van der Waals surface area contributed by atoms with Crippen LogP contribution in [0.1, 0.15) is 24.2 Å². The summed E-state index contributed by atoms with van der Waals surface area (Å²) >= 11 is 3.33. The van der Waals surface area contributed by atoms with Gasteiger partial charge in [0.1, 0.15) is 0 Å². The number of anilines is 1. The molecule has 0 spiro atoms. The maximum Gasteiger partial charge on any atom is 0.254 e. The Bertz CT molecular complexity index is 552. The van der Waals surface area contributed by atoms with E-state index in [9.17, 15) is 9.59 Å². The van der Waals surface area contributed by atoms with Crippen molar-refractivity contribution >= 4 is 33.4 Å². The lowest BCUT2D eigenvalue weighted by Crippen LogP contribution is -2.51. The summed E-state index contributed by atoms with van der Waals surface area (Å²) in [4.78, 5) is 28.0. The third-order valence-corrected chi connectivity index (χ3v) is 4.31. The average Bonchev–Trinajstić information content (AvgIpc) is 2.48. The van der Waals surface area contributed by atoms with E-state index in [-0.39, 0.29) is 17.7 Å². The Morgan fingerprint density at radius 2 is 1.71 bits per heavy atom. The monoisotopic (exact) mass is 353 g/mol. The molecule has 0 unspecified atom stereocenters. The molecule has 1 aliphatic heterocycles. The summed E-state index contributed by atoms with van der Waals surface area (Å²) in [7, 11) is 0. The molecule has 1 aromatic rings. The number of amides is 2. The van der Waals surface area contributed by atoms with E-state index in [1.807, 2.05) is 18.7 Å². The molecule has 1 aromatic carbocycles. The quantitative estimate of drug-likeness (QED) is 0.826. The Morgan fingerprint density at radius 1 is 1.14 bits per heavy atom. The third-order valence-electron chi connectivity index (χ3n) is 3.62. The second-order valence-electron chi connectivity index (χ2n) is 5.51. The number of rotatable bonds is 2. The van der Waals surface area contributed by atoms with Gasteiger partial charge in [0, 0.05) is 47.8 Å². The first-order chi connectivity index (χ1) is 9.90. The van der Waals surface area contributed by atoms with Crippen LogP contribution in [-0.4, -0.2) is 47.8 Å². The molecule has 6 heteroatoms. The fraction of sp³-hybridized carbons (Fsp3) is 0.467. The van der Waals surface area contributed by atoms with Gasteiger partial charge >= 0.3 is 0 Å². The van der Waals surface area contributed by atoms with Gasteiger partial charge in [0.15, 0.2) is 0 Å². The number of benzene rings is 1. The molecule has 21 heavy (non-hydrogen) atoms. The Morgan fingerprint density at radius 3 is 2.24 bits per heavy atom. The van der Waals surface area contributed by atoms with Gasteiger partial charge < -0.3 is 15.5 Å². The van der Waals surface area contributed by atoms with Gasteiger partial charge in [-0.1, -0.05) is 13.8 Å². The lowest BCUT2D eigenvalue weighted by atomic mass is 10.1. The number of halogens is 1. The number of hydrogen-bond acceptors (Lipinski definition) is 3. The van der Waals surface area contributed by atoms with Crippen molar-refractivity contribution in [3.05, 3.63) is 28.2 Å². The van der Waals surface area contributed by atoms with Gasteiger partial charge in [-0.05, 0) is 34.1 Å². The molecule has 0 atom stereocenters. The number of nitrogen functional groups attached to an aromatic ring is 1. The molecule has 2 amide bonds. The Hall–Kier alpha value is -1.56. The van der Waals surface area contributed by atoms with Crippen LogP contribution >= 0.6 is 15.9 Å². The Balaban J connectivity index is 2.00. The van der Waals surface area contributed by atoms with E-state index in [1.165, 1.54) is 0 Å². The minimum Gasteiger partial charge on any atom is -0.398 e. The van der Waals surface area contributed by atoms with Gasteiger partial charge in [-0.3, -0.25) is 9.59 Å². The van der Waals surface area contributed by atoms with Crippen molar-refractivity contribution in [2.45, 2.75) is 13.8 Å². The fourth-order valence-corrected chi connectivity index (χ4v) is 2.72. The Labute approximate surface area is 133 Å². The summed E-state index contributed by atoms with van der Waals surface area (Å²) < 4.78 is 0.724. The van der Waals surface area contributed by atoms with E-state index in [4.69, 9.17) is 5.73 Å². The summed E-state index contributed by atoms with van der Waals surface area (Å²) in [6.07, 6.45) is 0. The normalized spacial score (nSPS) is 15.4. The summed E-state index contributed by atoms with van der Waals surface area (Å²) in [6.45, 7) is 6.12. The molecular weight excluding hydrogens is 334 g/mol. The van der Waals surface area contributed by atoms with Gasteiger partial charge in [-0.25, -0.2) is 0 Å². The molecular formula is C15H20BrN3O2. The molecule has 2 rings (SSSR count). The van der Waals surface area contributed by atoms with E-state index < -0.39 is 0 Å². The number of carbonyl (C=O) groups is 2. The molecule has 1 fully saturated rings. The highest BCUT2D eigenvalue weighted by Crippen LogP contribution is 2.21. The van der Waals surface area contributed by atoms with E-state index in [0.717, 1.165) is 4.47 Å². The van der Waals surface area contributed by atoms with Gasteiger partial charge in [0.25, 0.3) is 5.91 Å². The highest BCUT2D eigenvalue weighted by molar-refractivity contribution is 9.10. The topological polar surface area (TPSA) is 66.6 Å². The van der Waals surface area contributed by atoms with Crippen LogP contribution in [0.5, 0.6) is 0 Å². The zero-order valence-electron chi connectivity index (χ0n) is 12.3. The van der Waals surface area contributed by atoms with Crippen molar-refractivity contribution in [1.29, 1.82) is 0 Å². The largest absolute Gasteiger partial charge is 0.398 e. The molecule has 0 aliphatic carbocycles. The molecule has 0 aromatic heterocycles. The predicted octanol–water partition coefficient (Wildman–Crippen LogP) is 1.97. The maximum absolute atomic E-state index is 12.4. The van der Waals surface area contributed by atoms with Crippen LogP contribution < -0.4 is 5.73 Å². The third kappa shape index (κ3) is 3.56. The van der Waals surface area contributed by atoms with E-state index >= 15 is 0 Å². The zero-order chi connectivity index (χ0) is 15.6. The first-order valence-electron chi connectivity index (χ1n) is 7.03. The first kappa shape index (κ1) is 15.8. The van der Waals surface area contributed by atoms with Crippen molar-refractivity contribution in [2.75, 3.05) is 31.9 Å². The molecule has 0 saturated carbocycles. The van der Waals surface area contributed by atoms with Crippen LogP contribution in [0, 0.1) is 5.92 Å². The molecule has 1 heterocycles. The molecule has 114 valence electrons. The summed E-state index contributed by atoms with van der Waals surface area (Å²) in [5.74, 6) is 0.130. The highest BCUT2D eigenvalue weighted by atomic mass is 79.9. The van der Waals surface area contributed by atoms with Crippen molar-refractivity contribution < 1.29 is 9.59 Å². The molecule has 1 saturated heterocycles. The van der Waals surface area contributed by atoms with Crippen LogP contribution in [0.2, 0.25) is 0 Å². The van der Waals surface area contributed by atoms with Gasteiger partial charge in [-0.15, -0.1) is 0 Å². The highest BCUT2D eigenvalue weighted by Gasteiger charge is 2.26. The zero-order valence-corrected chi connectivity index (χ0v) is 13.9. The minimum atomic E-state index is -0.0210. The van der Waals surface area contributed by atoms with E-state index in [2.05, 4.69) is 15.9 Å². The first-order valence-corrected chi connectivity index (χ1v) is 7.82. The predicted molar refractivity (Wildman–Crippen MR) is 85.9 cm³/mol. The lowest BCUT2D eigenvalue weighted by molar-refractivity contribution is -0.135. The molecule has 5 nitrogen and oxygen atoms in total. The fourth-order valence-electron chi connectivity index (χ4n) is 2.34. The van der Waals surface area contributed by atoms with E-state index in [0.29, 0.717) is 37.4 Å². The number of carbonyl (C=O) groups excluding carboxylic acids is 2. The van der Waals surface area contributed by atoms with Crippen molar-refractivity contribution in [3.8, 4) is 0 Å². The molecule has 2 N–H and O–H groups in total. The summed E-state index contributed by atoms with van der Waals surface area (Å²) in [6, 6.07) is 5.19. The van der Waals surface area contributed by atoms with Crippen molar-refractivity contribution in [2.24, 2.45) is 5.92 Å². The van der Waals surface area contributed by atoms with Crippen LogP contribution in [0.3, 0.4) is 0 Å². The second-order valence-corrected chi connectivity index (χ2v) is 6.36. The second kappa shape index (κ2) is 6.47. The van der Waals surface area contributed by atoms with Gasteiger partial charge in [0.2, 0.25) is 5.91 Å². The van der Waals surface area contributed by atoms with Crippen LogP contribution in [-0.2, 0) is 4.79 Å². The smallest absolute Gasteiger partial charge is 0.254 e. The lowest BCUT2D eigenvalue weighted by Gasteiger charge is -2.35. The maximum atomic E-state index is 12.4.